The Labute approximate surface area is 270 Å². The summed E-state index contributed by atoms with van der Waals surface area (Å²) >= 11 is 0. The lowest BCUT2D eigenvalue weighted by Crippen LogP contribution is -2.23. The molecule has 2 aliphatic rings. The number of hydrogen-bond donors (Lipinski definition) is 0. The Kier molecular flexibility index (Phi) is 7.90. The van der Waals surface area contributed by atoms with E-state index in [-0.39, 0.29) is 34.1 Å². The van der Waals surface area contributed by atoms with Crippen LogP contribution in [0.2, 0.25) is 0 Å². The second-order valence-electron chi connectivity index (χ2n) is 11.4. The number of ketones is 4. The van der Waals surface area contributed by atoms with Gasteiger partial charge < -0.3 is 9.09 Å². The van der Waals surface area contributed by atoms with Crippen molar-refractivity contribution in [1.29, 1.82) is 0 Å². The third-order valence-corrected chi connectivity index (χ3v) is 9.78. The van der Waals surface area contributed by atoms with Gasteiger partial charge in [0.15, 0.2) is 23.1 Å². The fourth-order valence-corrected chi connectivity index (χ4v) is 7.33. The fraction of sp³-hybridized carbons (Fsp3) is 0.135. The normalized spacial score (nSPS) is 14.9. The van der Waals surface area contributed by atoms with E-state index in [4.69, 9.17) is 13.6 Å². The quantitative estimate of drug-likeness (QED) is 0.115. The number of hydrogen-bond acceptors (Lipinski definition) is 8. The maximum absolute atomic E-state index is 14.1. The number of nitrogens with zero attached hydrogens (tertiary/aromatic N) is 1. The Morgan fingerprint density at radius 2 is 1.30 bits per heavy atom. The summed E-state index contributed by atoms with van der Waals surface area (Å²) < 4.78 is 32.8. The third-order valence-electron chi connectivity index (χ3n) is 8.47. The summed E-state index contributed by atoms with van der Waals surface area (Å²) in [4.78, 5) is 53.9. The van der Waals surface area contributed by atoms with Gasteiger partial charge in [-0.05, 0) is 17.2 Å². The Bertz CT molecular complexity index is 2060. The smallest absolute Gasteiger partial charge is 0.403 e. The molecule has 1 aliphatic carbocycles. The predicted molar refractivity (Wildman–Crippen MR) is 172 cm³/mol. The number of phosphoric ester groups is 1. The Morgan fingerprint density at radius 1 is 0.723 bits per heavy atom. The Balaban J connectivity index is 1.22. The molecule has 5 aromatic rings. The van der Waals surface area contributed by atoms with Crippen molar-refractivity contribution in [3.05, 3.63) is 160 Å². The zero-order valence-electron chi connectivity index (χ0n) is 25.3. The van der Waals surface area contributed by atoms with E-state index in [0.29, 0.717) is 23.2 Å². The van der Waals surface area contributed by atoms with Crippen LogP contribution in [0, 0.1) is 0 Å². The van der Waals surface area contributed by atoms with Crippen LogP contribution in [0.25, 0.3) is 0 Å². The first-order valence-corrected chi connectivity index (χ1v) is 16.5. The minimum absolute atomic E-state index is 0.0762. The topological polar surface area (TPSA) is 118 Å². The van der Waals surface area contributed by atoms with Crippen molar-refractivity contribution in [3.8, 4) is 5.75 Å². The molecule has 1 unspecified atom stereocenters. The molecule has 10 heteroatoms. The Morgan fingerprint density at radius 3 is 1.94 bits per heavy atom. The van der Waals surface area contributed by atoms with Crippen molar-refractivity contribution >= 4 is 31.0 Å². The Hall–Kier alpha value is -5.21. The number of carbonyl (C=O) groups is 4. The van der Waals surface area contributed by atoms with Gasteiger partial charge in [0.1, 0.15) is 19.0 Å². The van der Waals surface area contributed by atoms with E-state index in [1.807, 2.05) is 35.8 Å². The molecule has 1 atom stereocenters. The molecule has 4 aromatic carbocycles. The monoisotopic (exact) mass is 645 g/mol. The molecule has 1 aromatic heterocycles. The predicted octanol–water partition coefficient (Wildman–Crippen LogP) is 7.06. The summed E-state index contributed by atoms with van der Waals surface area (Å²) in [6.45, 7) is 1.12. The molecule has 0 N–H and O–H groups in total. The molecule has 0 saturated carbocycles. The first kappa shape index (κ1) is 30.4. The molecule has 2 heterocycles. The highest BCUT2D eigenvalue weighted by molar-refractivity contribution is 7.49. The standard InChI is InChI=1S/C37H28NO8P/c1-23-27-16-9-8-15-26(27)19-38-20-29-34(35(23)38)36(41)28-17-10-18-32(33(28)37(29)42)46-47(43,44-21-30(39)24-11-4-2-5-12-24)45-22-31(40)25-13-6-3-7-14-25/h2-18,20,23H,19,21-22H2,1H3. The summed E-state index contributed by atoms with van der Waals surface area (Å²) in [5, 5.41) is 0. The number of rotatable bonds is 10. The minimum Gasteiger partial charge on any atom is -0.403 e. The zero-order chi connectivity index (χ0) is 32.7. The lowest BCUT2D eigenvalue weighted by atomic mass is 9.81. The second kappa shape index (κ2) is 12.2. The summed E-state index contributed by atoms with van der Waals surface area (Å²) in [5.74, 6) is -2.23. The largest absolute Gasteiger partial charge is 0.530 e. The van der Waals surface area contributed by atoms with Gasteiger partial charge in [-0.25, -0.2) is 4.57 Å². The summed E-state index contributed by atoms with van der Waals surface area (Å²) in [7, 11) is -4.73. The van der Waals surface area contributed by atoms with Crippen LogP contribution >= 0.6 is 7.82 Å². The fourth-order valence-electron chi connectivity index (χ4n) is 6.21. The molecule has 1 aliphatic heterocycles. The molecule has 47 heavy (non-hydrogen) atoms. The highest BCUT2D eigenvalue weighted by Gasteiger charge is 2.41. The third kappa shape index (κ3) is 5.59. The maximum Gasteiger partial charge on any atom is 0.530 e. The van der Waals surface area contributed by atoms with E-state index in [1.165, 1.54) is 18.2 Å². The van der Waals surface area contributed by atoms with Gasteiger partial charge in [-0.3, -0.25) is 28.2 Å². The van der Waals surface area contributed by atoms with Crippen molar-refractivity contribution in [2.45, 2.75) is 19.4 Å². The molecule has 0 amide bonds. The zero-order valence-corrected chi connectivity index (χ0v) is 26.1. The van der Waals surface area contributed by atoms with Gasteiger partial charge in [-0.1, -0.05) is 104 Å². The first-order chi connectivity index (χ1) is 22.7. The molecular formula is C37H28NO8P. The van der Waals surface area contributed by atoms with Crippen molar-refractivity contribution in [1.82, 2.24) is 4.57 Å². The number of phosphoric acid groups is 1. The average Bonchev–Trinajstić information content (AvgIpc) is 3.50. The van der Waals surface area contributed by atoms with E-state index in [0.717, 1.165) is 16.8 Å². The number of fused-ring (bicyclic) bond motifs is 5. The van der Waals surface area contributed by atoms with E-state index >= 15 is 0 Å². The summed E-state index contributed by atoms with van der Waals surface area (Å²) in [6.07, 6.45) is 1.68. The number of carbonyl (C=O) groups excluding carboxylic acids is 4. The van der Waals surface area contributed by atoms with Crippen molar-refractivity contribution in [3.63, 3.8) is 0 Å². The van der Waals surface area contributed by atoms with Gasteiger partial charge in [0.25, 0.3) is 0 Å². The highest BCUT2D eigenvalue weighted by Crippen LogP contribution is 2.52. The first-order valence-electron chi connectivity index (χ1n) is 15.0. The molecule has 0 saturated heterocycles. The summed E-state index contributed by atoms with van der Waals surface area (Å²) in [5.41, 5.74) is 4.08. The lowest BCUT2D eigenvalue weighted by molar-refractivity contribution is 0.0807. The average molecular weight is 646 g/mol. The van der Waals surface area contributed by atoms with Crippen LogP contribution in [-0.4, -0.2) is 40.9 Å². The molecule has 7 rings (SSSR count). The van der Waals surface area contributed by atoms with Crippen LogP contribution in [0.1, 0.15) is 82.2 Å². The van der Waals surface area contributed by atoms with Gasteiger partial charge in [-0.15, -0.1) is 0 Å². The molecule has 0 bridgehead atoms. The van der Waals surface area contributed by atoms with Gasteiger partial charge in [0.2, 0.25) is 0 Å². The SMILES string of the molecule is CC1c2ccccc2Cn2cc3c(c21)C(=O)c1cccc(OP(=O)(OCC(=O)c2ccccc2)OCC(=O)c2ccccc2)c1C3=O. The van der Waals surface area contributed by atoms with Crippen LogP contribution in [0.4, 0.5) is 0 Å². The van der Waals surface area contributed by atoms with Crippen LogP contribution in [0.3, 0.4) is 0 Å². The maximum atomic E-state index is 14.1. The van der Waals surface area contributed by atoms with Crippen molar-refractivity contribution in [2.24, 2.45) is 0 Å². The number of aromatic nitrogens is 1. The molecular weight excluding hydrogens is 617 g/mol. The lowest BCUT2D eigenvalue weighted by Gasteiger charge is -2.27. The van der Waals surface area contributed by atoms with Crippen molar-refractivity contribution < 1.29 is 37.3 Å². The molecule has 9 nitrogen and oxygen atoms in total. The number of Topliss-reactive ketones (excluding diaryl/α,β-unsaturated/α-hetero) is 2. The van der Waals surface area contributed by atoms with E-state index < -0.39 is 38.4 Å². The van der Waals surface area contributed by atoms with E-state index in [1.54, 1.807) is 66.9 Å². The van der Waals surface area contributed by atoms with Gasteiger partial charge >= 0.3 is 7.82 Å². The van der Waals surface area contributed by atoms with Crippen LogP contribution in [0.15, 0.2) is 109 Å². The number of benzene rings is 4. The minimum atomic E-state index is -4.73. The molecule has 234 valence electrons. The van der Waals surface area contributed by atoms with Crippen molar-refractivity contribution in [2.75, 3.05) is 13.2 Å². The van der Waals surface area contributed by atoms with E-state index in [9.17, 15) is 23.7 Å². The molecule has 0 spiro atoms. The van der Waals surface area contributed by atoms with Gasteiger partial charge in [-0.2, -0.15) is 0 Å². The van der Waals surface area contributed by atoms with Gasteiger partial charge in [0.05, 0.1) is 16.7 Å². The van der Waals surface area contributed by atoms with Crippen LogP contribution in [-0.2, 0) is 20.2 Å². The molecule has 0 fully saturated rings. The van der Waals surface area contributed by atoms with Gasteiger partial charge in [0, 0.05) is 41.0 Å². The second-order valence-corrected chi connectivity index (χ2v) is 12.9. The van der Waals surface area contributed by atoms with Crippen LogP contribution in [0.5, 0.6) is 5.75 Å². The molecule has 0 radical (unpaired) electrons. The van der Waals surface area contributed by atoms with Crippen LogP contribution < -0.4 is 4.52 Å². The summed E-state index contributed by atoms with van der Waals surface area (Å²) in [6, 6.07) is 28.8. The van der Waals surface area contributed by atoms with E-state index in [2.05, 4.69) is 0 Å². The highest BCUT2D eigenvalue weighted by atomic mass is 31.2.